The summed E-state index contributed by atoms with van der Waals surface area (Å²) in [5, 5.41) is 21.7. The fourth-order valence-corrected chi connectivity index (χ4v) is 2.15. The Morgan fingerprint density at radius 1 is 1.23 bits per heavy atom. The summed E-state index contributed by atoms with van der Waals surface area (Å²) in [4.78, 5) is 36.2. The lowest BCUT2D eigenvalue weighted by Crippen LogP contribution is -2.38. The number of hydrogen-bond donors (Lipinski definition) is 2. The molecule has 1 aromatic carbocycles. The molecule has 0 unspecified atom stereocenters. The Labute approximate surface area is 148 Å². The lowest BCUT2D eigenvalue weighted by Gasteiger charge is -2.08. The summed E-state index contributed by atoms with van der Waals surface area (Å²) in [6, 6.07) is 8.08. The van der Waals surface area contributed by atoms with Gasteiger partial charge in [-0.1, -0.05) is 0 Å². The molecule has 0 saturated carbocycles. The van der Waals surface area contributed by atoms with Gasteiger partial charge in [-0.25, -0.2) is 4.79 Å². The minimum Gasteiger partial charge on any atom is -0.497 e. The van der Waals surface area contributed by atoms with Crippen molar-refractivity contribution in [1.82, 2.24) is 9.13 Å². The van der Waals surface area contributed by atoms with Crippen LogP contribution in [0.3, 0.4) is 0 Å². The van der Waals surface area contributed by atoms with Gasteiger partial charge in [-0.15, -0.1) is 0 Å². The van der Waals surface area contributed by atoms with Crippen LogP contribution in [0.25, 0.3) is 6.08 Å². The summed E-state index contributed by atoms with van der Waals surface area (Å²) in [5.41, 5.74) is -1.89. The van der Waals surface area contributed by atoms with Crippen LogP contribution < -0.4 is 21.3 Å². The van der Waals surface area contributed by atoms with Gasteiger partial charge in [0.25, 0.3) is 11.5 Å². The van der Waals surface area contributed by atoms with E-state index >= 15 is 0 Å². The van der Waals surface area contributed by atoms with E-state index < -0.39 is 28.6 Å². The van der Waals surface area contributed by atoms with Gasteiger partial charge in [0.05, 0.1) is 7.11 Å². The number of nitrogens with zero attached hydrogens (tertiary/aromatic N) is 3. The molecule has 0 aliphatic carbocycles. The topological polar surface area (TPSA) is 126 Å². The zero-order chi connectivity index (χ0) is 19.4. The summed E-state index contributed by atoms with van der Waals surface area (Å²) in [5.74, 6) is -0.811. The molecule has 0 spiro atoms. The number of carbonyl (C=O) groups is 1. The van der Waals surface area contributed by atoms with E-state index in [1.54, 1.807) is 30.3 Å². The molecular formula is C17H16N4O5. The van der Waals surface area contributed by atoms with Crippen molar-refractivity contribution < 1.29 is 14.6 Å². The van der Waals surface area contributed by atoms with Crippen molar-refractivity contribution in [2.24, 2.45) is 14.1 Å². The molecule has 0 aliphatic heterocycles. The molecule has 1 heterocycles. The molecule has 0 aliphatic rings. The third kappa shape index (κ3) is 3.49. The van der Waals surface area contributed by atoms with Crippen LogP contribution in [0.1, 0.15) is 5.56 Å². The van der Waals surface area contributed by atoms with Gasteiger partial charge >= 0.3 is 5.69 Å². The predicted molar refractivity (Wildman–Crippen MR) is 93.8 cm³/mol. The number of rotatable bonds is 4. The second kappa shape index (κ2) is 7.40. The molecule has 0 saturated heterocycles. The average molecular weight is 356 g/mol. The summed E-state index contributed by atoms with van der Waals surface area (Å²) < 4.78 is 6.61. The number of aromatic nitrogens is 2. The molecule has 0 bridgehead atoms. The Morgan fingerprint density at radius 3 is 2.38 bits per heavy atom. The first kappa shape index (κ1) is 18.5. The number of benzene rings is 1. The number of aromatic hydroxyl groups is 1. The van der Waals surface area contributed by atoms with Crippen molar-refractivity contribution in [2.75, 3.05) is 12.4 Å². The third-order valence-corrected chi connectivity index (χ3v) is 3.67. The minimum absolute atomic E-state index is 0.337. The number of anilines is 1. The van der Waals surface area contributed by atoms with Gasteiger partial charge in [0.15, 0.2) is 0 Å². The number of amides is 1. The maximum atomic E-state index is 12.3. The van der Waals surface area contributed by atoms with E-state index in [9.17, 15) is 24.8 Å². The van der Waals surface area contributed by atoms with Crippen LogP contribution in [0.2, 0.25) is 0 Å². The predicted octanol–water partition coefficient (Wildman–Crippen LogP) is 0.344. The molecule has 0 radical (unpaired) electrons. The second-order valence-corrected chi connectivity index (χ2v) is 5.30. The molecule has 0 atom stereocenters. The second-order valence-electron chi connectivity index (χ2n) is 5.30. The van der Waals surface area contributed by atoms with Gasteiger partial charge in [0, 0.05) is 19.8 Å². The Morgan fingerprint density at radius 2 is 1.85 bits per heavy atom. The molecule has 134 valence electrons. The molecule has 1 aromatic heterocycles. The molecule has 2 aromatic rings. The number of ether oxygens (including phenoxy) is 1. The van der Waals surface area contributed by atoms with E-state index in [2.05, 4.69) is 5.32 Å². The molecular weight excluding hydrogens is 340 g/mol. The number of hydrogen-bond acceptors (Lipinski definition) is 6. The molecule has 2 rings (SSSR count). The standard InChI is InChI=1S/C17H16N4O5/c1-20-15(23)13(16(24)21(2)17(20)25)8-10(9-18)14(22)19-11-4-6-12(26-3)7-5-11/h4-8,23H,1-3H3,(H,19,22)/b10-8+. The molecule has 9 heteroatoms. The number of nitrogens with one attached hydrogen (secondary N) is 1. The fourth-order valence-electron chi connectivity index (χ4n) is 2.15. The maximum absolute atomic E-state index is 12.3. The highest BCUT2D eigenvalue weighted by atomic mass is 16.5. The Balaban J connectivity index is 2.42. The lowest BCUT2D eigenvalue weighted by molar-refractivity contribution is -0.112. The number of nitriles is 1. The van der Waals surface area contributed by atoms with E-state index in [1.165, 1.54) is 21.2 Å². The number of methoxy groups -OCH3 is 1. The van der Waals surface area contributed by atoms with Gasteiger partial charge < -0.3 is 15.2 Å². The lowest BCUT2D eigenvalue weighted by atomic mass is 10.1. The van der Waals surface area contributed by atoms with Crippen LogP contribution in [-0.4, -0.2) is 27.3 Å². The van der Waals surface area contributed by atoms with E-state index in [4.69, 9.17) is 4.74 Å². The quantitative estimate of drug-likeness (QED) is 0.601. The van der Waals surface area contributed by atoms with E-state index in [0.29, 0.717) is 11.4 Å². The van der Waals surface area contributed by atoms with E-state index in [1.807, 2.05) is 0 Å². The summed E-state index contributed by atoms with van der Waals surface area (Å²) in [6.45, 7) is 0. The summed E-state index contributed by atoms with van der Waals surface area (Å²) in [6.07, 6.45) is 0.940. The van der Waals surface area contributed by atoms with Crippen LogP contribution in [-0.2, 0) is 18.9 Å². The summed E-state index contributed by atoms with van der Waals surface area (Å²) in [7, 11) is 3.99. The Kier molecular flexibility index (Phi) is 5.27. The third-order valence-electron chi connectivity index (χ3n) is 3.67. The van der Waals surface area contributed by atoms with Gasteiger partial charge in [0.2, 0.25) is 5.88 Å². The smallest absolute Gasteiger partial charge is 0.333 e. The molecule has 26 heavy (non-hydrogen) atoms. The maximum Gasteiger partial charge on any atom is 0.333 e. The summed E-state index contributed by atoms with van der Waals surface area (Å²) >= 11 is 0. The molecule has 2 N–H and O–H groups in total. The first-order valence-corrected chi connectivity index (χ1v) is 7.36. The SMILES string of the molecule is COc1ccc(NC(=O)/C(C#N)=C/c2c(O)n(C)c(=O)n(C)c2=O)cc1. The monoisotopic (exact) mass is 356 g/mol. The Bertz CT molecular complexity index is 1040. The van der Waals surface area contributed by atoms with Gasteiger partial charge in [-0.05, 0) is 30.3 Å². The molecule has 1 amide bonds. The van der Waals surface area contributed by atoms with E-state index in [0.717, 1.165) is 15.2 Å². The van der Waals surface area contributed by atoms with Gasteiger partial charge in [-0.2, -0.15) is 5.26 Å². The highest BCUT2D eigenvalue weighted by Gasteiger charge is 2.17. The zero-order valence-corrected chi connectivity index (χ0v) is 14.3. The Hall–Kier alpha value is -3.80. The van der Waals surface area contributed by atoms with Gasteiger partial charge in [-0.3, -0.25) is 18.7 Å². The van der Waals surface area contributed by atoms with Crippen LogP contribution in [0.4, 0.5) is 5.69 Å². The number of carbonyl (C=O) groups excluding carboxylic acids is 1. The zero-order valence-electron chi connectivity index (χ0n) is 14.3. The van der Waals surface area contributed by atoms with Crippen molar-refractivity contribution in [3.63, 3.8) is 0 Å². The first-order valence-electron chi connectivity index (χ1n) is 7.36. The van der Waals surface area contributed by atoms with Crippen molar-refractivity contribution in [2.45, 2.75) is 0 Å². The van der Waals surface area contributed by atoms with Crippen LogP contribution >= 0.6 is 0 Å². The van der Waals surface area contributed by atoms with E-state index in [-0.39, 0.29) is 5.56 Å². The minimum atomic E-state index is -0.824. The van der Waals surface area contributed by atoms with Crippen molar-refractivity contribution >= 4 is 17.7 Å². The first-order chi connectivity index (χ1) is 12.3. The largest absolute Gasteiger partial charge is 0.497 e. The van der Waals surface area contributed by atoms with Crippen molar-refractivity contribution in [3.05, 3.63) is 56.2 Å². The normalized spacial score (nSPS) is 10.9. The van der Waals surface area contributed by atoms with Crippen LogP contribution in [0, 0.1) is 11.3 Å². The average Bonchev–Trinajstić information content (AvgIpc) is 2.65. The van der Waals surface area contributed by atoms with Gasteiger partial charge in [0.1, 0.15) is 23.0 Å². The van der Waals surface area contributed by atoms with Crippen LogP contribution in [0.5, 0.6) is 11.6 Å². The molecule has 9 nitrogen and oxygen atoms in total. The highest BCUT2D eigenvalue weighted by molar-refractivity contribution is 6.09. The highest BCUT2D eigenvalue weighted by Crippen LogP contribution is 2.17. The van der Waals surface area contributed by atoms with Crippen molar-refractivity contribution in [1.29, 1.82) is 5.26 Å². The fraction of sp³-hybridized carbons (Fsp3) is 0.176. The van der Waals surface area contributed by atoms with Crippen molar-refractivity contribution in [3.8, 4) is 17.7 Å². The molecule has 0 fully saturated rings. The van der Waals surface area contributed by atoms with Crippen LogP contribution in [0.15, 0.2) is 39.4 Å².